The number of halogens is 1. The maximum Gasteiger partial charge on any atom is 0.275 e. The van der Waals surface area contributed by atoms with Crippen molar-refractivity contribution in [3.63, 3.8) is 0 Å². The molecule has 1 aromatic carbocycles. The number of rotatable bonds is 2. The third-order valence-electron chi connectivity index (χ3n) is 2.52. The molecule has 0 aliphatic heterocycles. The zero-order chi connectivity index (χ0) is 13.3. The molecule has 1 amide bonds. The molecule has 0 unspecified atom stereocenters. The molecular weight excluding hydrogens is 312 g/mol. The first kappa shape index (κ1) is 13.2. The van der Waals surface area contributed by atoms with Crippen molar-refractivity contribution < 1.29 is 4.79 Å². The molecule has 1 heterocycles. The Bertz CT molecular complexity index is 584. The van der Waals surface area contributed by atoms with E-state index < -0.39 is 0 Å². The van der Waals surface area contributed by atoms with E-state index in [4.69, 9.17) is 0 Å². The number of aromatic nitrogens is 1. The molecule has 1 N–H and O–H groups in total. The summed E-state index contributed by atoms with van der Waals surface area (Å²) in [6.45, 7) is 5.88. The Kier molecular flexibility index (Phi) is 3.82. The van der Waals surface area contributed by atoms with E-state index in [0.717, 1.165) is 26.3 Å². The summed E-state index contributed by atoms with van der Waals surface area (Å²) in [5, 5.41) is 5.55. The van der Waals surface area contributed by atoms with Crippen LogP contribution in [-0.4, -0.2) is 10.9 Å². The maximum absolute atomic E-state index is 12.0. The molecule has 94 valence electrons. The average Bonchev–Trinajstić information content (AvgIpc) is 2.70. The summed E-state index contributed by atoms with van der Waals surface area (Å²) in [6, 6.07) is 4.02. The number of carbonyl (C=O) groups excluding carboxylic acids is 1. The monoisotopic (exact) mass is 324 g/mol. The van der Waals surface area contributed by atoms with Crippen molar-refractivity contribution >= 4 is 38.9 Å². The van der Waals surface area contributed by atoms with Crippen LogP contribution >= 0.6 is 27.3 Å². The van der Waals surface area contributed by atoms with Crippen LogP contribution in [0.3, 0.4) is 0 Å². The molecule has 0 saturated carbocycles. The Labute approximate surface area is 118 Å². The summed E-state index contributed by atoms with van der Waals surface area (Å²) in [7, 11) is 0. The lowest BCUT2D eigenvalue weighted by atomic mass is 10.1. The van der Waals surface area contributed by atoms with Gasteiger partial charge < -0.3 is 5.32 Å². The van der Waals surface area contributed by atoms with Crippen molar-refractivity contribution in [2.24, 2.45) is 0 Å². The SMILES string of the molecule is Cc1cc(C)c(NC(=O)c2csc(C)n2)c(Br)c1. The van der Waals surface area contributed by atoms with Crippen LogP contribution in [0.25, 0.3) is 0 Å². The fourth-order valence-corrected chi connectivity index (χ4v) is 3.09. The number of amides is 1. The fourth-order valence-electron chi connectivity index (χ4n) is 1.72. The molecule has 0 fully saturated rings. The van der Waals surface area contributed by atoms with Crippen LogP contribution in [0.1, 0.15) is 26.6 Å². The molecule has 5 heteroatoms. The van der Waals surface area contributed by atoms with Crippen molar-refractivity contribution in [3.8, 4) is 0 Å². The van der Waals surface area contributed by atoms with Gasteiger partial charge in [-0.2, -0.15) is 0 Å². The quantitative estimate of drug-likeness (QED) is 0.904. The molecule has 2 rings (SSSR count). The van der Waals surface area contributed by atoms with Gasteiger partial charge in [0.05, 0.1) is 10.7 Å². The topological polar surface area (TPSA) is 42.0 Å². The molecular formula is C13H13BrN2OS. The van der Waals surface area contributed by atoms with Gasteiger partial charge in [-0.3, -0.25) is 4.79 Å². The Hall–Kier alpha value is -1.20. The highest BCUT2D eigenvalue weighted by atomic mass is 79.9. The highest BCUT2D eigenvalue weighted by Crippen LogP contribution is 2.28. The molecule has 2 aromatic rings. The van der Waals surface area contributed by atoms with E-state index in [1.807, 2.05) is 32.9 Å². The van der Waals surface area contributed by atoms with Crippen LogP contribution in [0, 0.1) is 20.8 Å². The third kappa shape index (κ3) is 2.79. The number of benzene rings is 1. The molecule has 0 aliphatic carbocycles. The van der Waals surface area contributed by atoms with E-state index in [1.165, 1.54) is 11.3 Å². The van der Waals surface area contributed by atoms with E-state index in [9.17, 15) is 4.79 Å². The summed E-state index contributed by atoms with van der Waals surface area (Å²) in [5.74, 6) is -0.174. The highest BCUT2D eigenvalue weighted by molar-refractivity contribution is 9.10. The number of carbonyl (C=O) groups is 1. The number of nitrogens with zero attached hydrogens (tertiary/aromatic N) is 1. The molecule has 3 nitrogen and oxygen atoms in total. The number of hydrogen-bond acceptors (Lipinski definition) is 3. The Balaban J connectivity index is 2.27. The minimum atomic E-state index is -0.174. The van der Waals surface area contributed by atoms with Crippen LogP contribution in [0.15, 0.2) is 22.0 Å². The first-order chi connectivity index (χ1) is 8.47. The summed E-state index contributed by atoms with van der Waals surface area (Å²) in [4.78, 5) is 16.2. The highest BCUT2D eigenvalue weighted by Gasteiger charge is 2.13. The van der Waals surface area contributed by atoms with Gasteiger partial charge in [-0.15, -0.1) is 11.3 Å². The number of anilines is 1. The summed E-state index contributed by atoms with van der Waals surface area (Å²) in [6.07, 6.45) is 0. The first-order valence-corrected chi connectivity index (χ1v) is 7.15. The van der Waals surface area contributed by atoms with Gasteiger partial charge in [0.15, 0.2) is 0 Å². The Morgan fingerprint density at radius 1 is 1.33 bits per heavy atom. The number of hydrogen-bond donors (Lipinski definition) is 1. The summed E-state index contributed by atoms with van der Waals surface area (Å²) < 4.78 is 0.889. The lowest BCUT2D eigenvalue weighted by Crippen LogP contribution is -2.13. The molecule has 0 radical (unpaired) electrons. The molecule has 0 bridgehead atoms. The van der Waals surface area contributed by atoms with Crippen LogP contribution in [0.5, 0.6) is 0 Å². The van der Waals surface area contributed by atoms with Crippen LogP contribution in [-0.2, 0) is 0 Å². The van der Waals surface area contributed by atoms with Gasteiger partial charge in [0.1, 0.15) is 5.69 Å². The van der Waals surface area contributed by atoms with Gasteiger partial charge >= 0.3 is 0 Å². The largest absolute Gasteiger partial charge is 0.319 e. The number of aryl methyl sites for hydroxylation is 3. The lowest BCUT2D eigenvalue weighted by Gasteiger charge is -2.10. The van der Waals surface area contributed by atoms with E-state index in [2.05, 4.69) is 26.2 Å². The molecule has 0 atom stereocenters. The second-order valence-electron chi connectivity index (χ2n) is 4.14. The van der Waals surface area contributed by atoms with Crippen molar-refractivity contribution in [1.29, 1.82) is 0 Å². The standard InChI is InChI=1S/C13H13BrN2OS/c1-7-4-8(2)12(10(14)5-7)16-13(17)11-6-18-9(3)15-11/h4-6H,1-3H3,(H,16,17). The molecule has 18 heavy (non-hydrogen) atoms. The molecule has 0 spiro atoms. The fraction of sp³-hybridized carbons (Fsp3) is 0.231. The minimum Gasteiger partial charge on any atom is -0.319 e. The van der Waals surface area contributed by atoms with Gasteiger partial charge in [0, 0.05) is 9.85 Å². The second-order valence-corrected chi connectivity index (χ2v) is 6.06. The second kappa shape index (κ2) is 5.20. The van der Waals surface area contributed by atoms with Gasteiger partial charge in [-0.05, 0) is 53.9 Å². The van der Waals surface area contributed by atoms with Crippen molar-refractivity contribution in [2.75, 3.05) is 5.32 Å². The summed E-state index contributed by atoms with van der Waals surface area (Å²) >= 11 is 4.94. The van der Waals surface area contributed by atoms with E-state index >= 15 is 0 Å². The zero-order valence-electron chi connectivity index (χ0n) is 10.4. The Morgan fingerprint density at radius 2 is 2.06 bits per heavy atom. The predicted molar refractivity (Wildman–Crippen MR) is 78.4 cm³/mol. The average molecular weight is 325 g/mol. The van der Waals surface area contributed by atoms with E-state index in [1.54, 1.807) is 5.38 Å². The first-order valence-electron chi connectivity index (χ1n) is 5.47. The van der Waals surface area contributed by atoms with Crippen LogP contribution < -0.4 is 5.32 Å². The van der Waals surface area contributed by atoms with E-state index in [-0.39, 0.29) is 5.91 Å². The third-order valence-corrected chi connectivity index (χ3v) is 3.92. The molecule has 0 aliphatic rings. The van der Waals surface area contributed by atoms with Crippen molar-refractivity contribution in [3.05, 3.63) is 43.8 Å². The normalized spacial score (nSPS) is 10.4. The maximum atomic E-state index is 12.0. The molecule has 1 aromatic heterocycles. The van der Waals surface area contributed by atoms with Crippen LogP contribution in [0.4, 0.5) is 5.69 Å². The molecule has 0 saturated heterocycles. The van der Waals surface area contributed by atoms with Crippen molar-refractivity contribution in [2.45, 2.75) is 20.8 Å². The van der Waals surface area contributed by atoms with Gasteiger partial charge in [-0.25, -0.2) is 4.98 Å². The number of nitrogens with one attached hydrogen (secondary N) is 1. The van der Waals surface area contributed by atoms with Crippen LogP contribution in [0.2, 0.25) is 0 Å². The number of thiazole rings is 1. The minimum absolute atomic E-state index is 0.174. The summed E-state index contributed by atoms with van der Waals surface area (Å²) in [5.41, 5.74) is 3.45. The lowest BCUT2D eigenvalue weighted by molar-refractivity contribution is 0.102. The van der Waals surface area contributed by atoms with Gasteiger partial charge in [0.25, 0.3) is 5.91 Å². The van der Waals surface area contributed by atoms with Crippen molar-refractivity contribution in [1.82, 2.24) is 4.98 Å². The zero-order valence-corrected chi connectivity index (χ0v) is 12.8. The Morgan fingerprint density at radius 3 is 2.61 bits per heavy atom. The van der Waals surface area contributed by atoms with Gasteiger partial charge in [-0.1, -0.05) is 6.07 Å². The predicted octanol–water partition coefficient (Wildman–Crippen LogP) is 4.08. The van der Waals surface area contributed by atoms with E-state index in [0.29, 0.717) is 5.69 Å². The smallest absolute Gasteiger partial charge is 0.275 e. The van der Waals surface area contributed by atoms with Gasteiger partial charge in [0.2, 0.25) is 0 Å².